The minimum atomic E-state index is -0.439. The molecule has 2 unspecified atom stereocenters. The SMILES string of the molecule is O=C1NC(=O)/C(=C/c2cc(OCc3ccccc3)nc(N3CC4CN(C(=O)c5ccccc5)CC4C3)n2)S1. The lowest BCUT2D eigenvalue weighted by atomic mass is 10.0. The van der Waals surface area contributed by atoms with E-state index in [2.05, 4.69) is 15.2 Å². The molecule has 38 heavy (non-hydrogen) atoms. The largest absolute Gasteiger partial charge is 0.473 e. The maximum Gasteiger partial charge on any atom is 0.290 e. The van der Waals surface area contributed by atoms with Crippen molar-refractivity contribution in [3.63, 3.8) is 0 Å². The van der Waals surface area contributed by atoms with E-state index in [1.165, 1.54) is 0 Å². The molecule has 0 saturated carbocycles. The fourth-order valence-corrected chi connectivity index (χ4v) is 5.76. The number of amides is 3. The Labute approximate surface area is 223 Å². The highest BCUT2D eigenvalue weighted by molar-refractivity contribution is 8.18. The second-order valence-corrected chi connectivity index (χ2v) is 10.6. The van der Waals surface area contributed by atoms with Gasteiger partial charge in [-0.2, -0.15) is 4.98 Å². The molecule has 1 N–H and O–H groups in total. The molecular weight excluding hydrogens is 502 g/mol. The van der Waals surface area contributed by atoms with Crippen molar-refractivity contribution in [3.8, 4) is 5.88 Å². The summed E-state index contributed by atoms with van der Waals surface area (Å²) in [4.78, 5) is 50.4. The molecule has 0 aliphatic carbocycles. The first kappa shape index (κ1) is 24.2. The van der Waals surface area contributed by atoms with E-state index >= 15 is 0 Å². The number of anilines is 1. The van der Waals surface area contributed by atoms with Gasteiger partial charge in [0.2, 0.25) is 11.8 Å². The van der Waals surface area contributed by atoms with E-state index in [0.717, 1.165) is 30.4 Å². The van der Waals surface area contributed by atoms with E-state index in [9.17, 15) is 14.4 Å². The van der Waals surface area contributed by atoms with Crippen LogP contribution in [0.25, 0.3) is 6.08 Å². The molecule has 3 aliphatic heterocycles. The van der Waals surface area contributed by atoms with Gasteiger partial charge in [-0.3, -0.25) is 19.7 Å². The highest BCUT2D eigenvalue weighted by Crippen LogP contribution is 2.34. The number of benzene rings is 2. The Morgan fingerprint density at radius 3 is 2.32 bits per heavy atom. The van der Waals surface area contributed by atoms with Crippen molar-refractivity contribution in [2.45, 2.75) is 6.61 Å². The Morgan fingerprint density at radius 1 is 0.974 bits per heavy atom. The first-order chi connectivity index (χ1) is 18.5. The van der Waals surface area contributed by atoms with Crippen molar-refractivity contribution >= 4 is 40.8 Å². The lowest BCUT2D eigenvalue weighted by molar-refractivity contribution is -0.115. The first-order valence-electron chi connectivity index (χ1n) is 12.4. The molecule has 0 bridgehead atoms. The van der Waals surface area contributed by atoms with Crippen molar-refractivity contribution in [1.82, 2.24) is 20.2 Å². The van der Waals surface area contributed by atoms with Crippen molar-refractivity contribution in [3.05, 3.63) is 88.5 Å². The van der Waals surface area contributed by atoms with Crippen LogP contribution >= 0.6 is 11.8 Å². The van der Waals surface area contributed by atoms with Gasteiger partial charge in [-0.15, -0.1) is 0 Å². The van der Waals surface area contributed by atoms with Crippen molar-refractivity contribution in [1.29, 1.82) is 0 Å². The monoisotopic (exact) mass is 527 g/mol. The lowest BCUT2D eigenvalue weighted by Crippen LogP contribution is -2.33. The molecule has 1 aromatic heterocycles. The maximum atomic E-state index is 12.9. The predicted octanol–water partition coefficient (Wildman–Crippen LogP) is 3.59. The Morgan fingerprint density at radius 2 is 1.66 bits per heavy atom. The highest BCUT2D eigenvalue weighted by atomic mass is 32.2. The number of carbonyl (C=O) groups is 3. The van der Waals surface area contributed by atoms with E-state index in [0.29, 0.717) is 54.6 Å². The molecule has 0 radical (unpaired) electrons. The minimum absolute atomic E-state index is 0.0647. The summed E-state index contributed by atoms with van der Waals surface area (Å²) in [5.41, 5.74) is 2.20. The number of ether oxygens (including phenoxy) is 1. The molecule has 2 aromatic carbocycles. The van der Waals surface area contributed by atoms with Crippen LogP contribution in [-0.4, -0.2) is 58.1 Å². The van der Waals surface area contributed by atoms with Gasteiger partial charge in [0.25, 0.3) is 17.1 Å². The number of hydrogen-bond acceptors (Lipinski definition) is 8. The van der Waals surface area contributed by atoms with Crippen LogP contribution in [0.1, 0.15) is 21.6 Å². The van der Waals surface area contributed by atoms with Crippen molar-refractivity contribution in [2.24, 2.45) is 11.8 Å². The fourth-order valence-electron chi connectivity index (χ4n) is 5.09. The predicted molar refractivity (Wildman–Crippen MR) is 143 cm³/mol. The quantitative estimate of drug-likeness (QED) is 0.485. The average Bonchev–Trinajstić information content (AvgIpc) is 3.61. The first-order valence-corrected chi connectivity index (χ1v) is 13.2. The maximum absolute atomic E-state index is 12.9. The highest BCUT2D eigenvalue weighted by Gasteiger charge is 2.42. The molecule has 3 saturated heterocycles. The summed E-state index contributed by atoms with van der Waals surface area (Å²) in [7, 11) is 0. The number of rotatable bonds is 6. The van der Waals surface area contributed by atoms with Crippen LogP contribution in [0.4, 0.5) is 10.7 Å². The Kier molecular flexibility index (Phi) is 6.55. The Hall–Kier alpha value is -4.18. The van der Waals surface area contributed by atoms with E-state index in [4.69, 9.17) is 9.72 Å². The van der Waals surface area contributed by atoms with Gasteiger partial charge in [-0.25, -0.2) is 4.98 Å². The van der Waals surface area contributed by atoms with Gasteiger partial charge in [-0.05, 0) is 35.5 Å². The number of fused-ring (bicyclic) bond motifs is 1. The van der Waals surface area contributed by atoms with Gasteiger partial charge < -0.3 is 14.5 Å². The van der Waals surface area contributed by atoms with E-state index in [1.54, 1.807) is 12.1 Å². The summed E-state index contributed by atoms with van der Waals surface area (Å²) in [6.07, 6.45) is 1.59. The molecule has 3 fully saturated rings. The molecule has 6 rings (SSSR count). The van der Waals surface area contributed by atoms with Crippen molar-refractivity contribution in [2.75, 3.05) is 31.1 Å². The van der Waals surface area contributed by atoms with Crippen LogP contribution in [0.3, 0.4) is 0 Å². The molecule has 192 valence electrons. The summed E-state index contributed by atoms with van der Waals surface area (Å²) in [6, 6.07) is 20.8. The number of carbonyl (C=O) groups excluding carboxylic acids is 3. The van der Waals surface area contributed by atoms with Gasteiger partial charge in [-0.1, -0.05) is 48.5 Å². The molecule has 0 spiro atoms. The summed E-state index contributed by atoms with van der Waals surface area (Å²) >= 11 is 0.847. The molecule has 10 heteroatoms. The van der Waals surface area contributed by atoms with Crippen LogP contribution in [0.15, 0.2) is 71.6 Å². The van der Waals surface area contributed by atoms with Gasteiger partial charge >= 0.3 is 0 Å². The number of aromatic nitrogens is 2. The number of imide groups is 1. The number of hydrogen-bond donors (Lipinski definition) is 1. The summed E-state index contributed by atoms with van der Waals surface area (Å²) < 4.78 is 6.00. The molecule has 3 aromatic rings. The number of nitrogens with zero attached hydrogens (tertiary/aromatic N) is 4. The fraction of sp³-hybridized carbons (Fsp3) is 0.250. The molecule has 4 heterocycles. The van der Waals surface area contributed by atoms with Crippen LogP contribution in [-0.2, 0) is 11.4 Å². The lowest BCUT2D eigenvalue weighted by Gasteiger charge is -2.22. The molecule has 9 nitrogen and oxygen atoms in total. The second-order valence-electron chi connectivity index (χ2n) is 9.56. The average molecular weight is 528 g/mol. The Bertz CT molecular complexity index is 1400. The second kappa shape index (κ2) is 10.3. The molecule has 2 atom stereocenters. The van der Waals surface area contributed by atoms with E-state index in [1.807, 2.05) is 65.6 Å². The van der Waals surface area contributed by atoms with Gasteiger partial charge in [0, 0.05) is 49.6 Å². The van der Waals surface area contributed by atoms with Crippen LogP contribution in [0.2, 0.25) is 0 Å². The van der Waals surface area contributed by atoms with E-state index < -0.39 is 11.1 Å². The number of nitrogens with one attached hydrogen (secondary N) is 1. The zero-order valence-electron chi connectivity index (χ0n) is 20.4. The molecular formula is C28H25N5O4S. The van der Waals surface area contributed by atoms with Crippen LogP contribution in [0, 0.1) is 11.8 Å². The third kappa shape index (κ3) is 5.12. The topological polar surface area (TPSA) is 105 Å². The summed E-state index contributed by atoms with van der Waals surface area (Å²) in [5.74, 6) is 1.15. The zero-order valence-corrected chi connectivity index (χ0v) is 21.3. The molecule has 3 aliphatic rings. The van der Waals surface area contributed by atoms with Gasteiger partial charge in [0.15, 0.2) is 0 Å². The molecule has 3 amide bonds. The van der Waals surface area contributed by atoms with Crippen molar-refractivity contribution < 1.29 is 19.1 Å². The zero-order chi connectivity index (χ0) is 26.1. The van der Waals surface area contributed by atoms with Gasteiger partial charge in [0.1, 0.15) is 6.61 Å². The normalized spacial score (nSPS) is 21.6. The summed E-state index contributed by atoms with van der Waals surface area (Å²) in [6.45, 7) is 3.15. The third-order valence-electron chi connectivity index (χ3n) is 6.94. The van der Waals surface area contributed by atoms with E-state index in [-0.39, 0.29) is 10.8 Å². The number of thioether (sulfide) groups is 1. The Balaban J connectivity index is 1.21. The summed E-state index contributed by atoms with van der Waals surface area (Å²) in [5, 5.41) is 1.86. The van der Waals surface area contributed by atoms with Gasteiger partial charge in [0.05, 0.1) is 10.6 Å². The van der Waals surface area contributed by atoms with Crippen LogP contribution < -0.4 is 15.0 Å². The minimum Gasteiger partial charge on any atom is -0.473 e. The third-order valence-corrected chi connectivity index (χ3v) is 7.75. The van der Waals surface area contributed by atoms with Crippen LogP contribution in [0.5, 0.6) is 5.88 Å². The smallest absolute Gasteiger partial charge is 0.290 e. The standard InChI is InChI=1S/C28H25N5O4S/c34-25-23(38-28(36)31-25)11-22-12-24(37-17-18-7-3-1-4-8-18)30-27(29-22)33-15-20-13-32(14-21(20)16-33)26(35)19-9-5-2-6-10-19/h1-12,20-21H,13-17H2,(H,31,34,36)/b23-11-. The number of likely N-dealkylation sites (tertiary alicyclic amines) is 1.